The van der Waals surface area contributed by atoms with Crippen molar-refractivity contribution in [1.29, 1.82) is 5.26 Å². The third-order valence-electron chi connectivity index (χ3n) is 5.07. The predicted molar refractivity (Wildman–Crippen MR) is 103 cm³/mol. The maximum absolute atomic E-state index is 8.59. The molecule has 3 rings (SSSR count). The number of hydrogen-bond donors (Lipinski definition) is 1. The van der Waals surface area contributed by atoms with E-state index >= 15 is 0 Å². The van der Waals surface area contributed by atoms with Crippen molar-refractivity contribution < 1.29 is 4.74 Å². The summed E-state index contributed by atoms with van der Waals surface area (Å²) in [5.74, 6) is 2.26. The van der Waals surface area contributed by atoms with Crippen LogP contribution in [0.3, 0.4) is 0 Å². The molecule has 136 valence electrons. The van der Waals surface area contributed by atoms with Gasteiger partial charge in [0.25, 0.3) is 0 Å². The van der Waals surface area contributed by atoms with E-state index in [0.717, 1.165) is 34.4 Å². The molecule has 1 heterocycles. The lowest BCUT2D eigenvalue weighted by Gasteiger charge is -2.27. The van der Waals surface area contributed by atoms with Crippen LogP contribution in [-0.4, -0.2) is 22.6 Å². The summed E-state index contributed by atoms with van der Waals surface area (Å²) in [5.41, 5.74) is 4.05. The Bertz CT molecular complexity index is 764. The van der Waals surface area contributed by atoms with Gasteiger partial charge in [0.05, 0.1) is 11.4 Å². The molecule has 1 aromatic carbocycles. The van der Waals surface area contributed by atoms with Gasteiger partial charge in [-0.1, -0.05) is 19.1 Å². The Morgan fingerprint density at radius 2 is 1.69 bits per heavy atom. The third-order valence-corrected chi connectivity index (χ3v) is 5.07. The zero-order chi connectivity index (χ0) is 18.5. The highest BCUT2D eigenvalue weighted by Gasteiger charge is 2.19. The van der Waals surface area contributed by atoms with Crippen LogP contribution in [0.15, 0.2) is 24.3 Å². The molecule has 1 aromatic heterocycles. The van der Waals surface area contributed by atoms with E-state index in [1.54, 1.807) is 0 Å². The van der Waals surface area contributed by atoms with E-state index in [2.05, 4.69) is 12.2 Å². The lowest BCUT2D eigenvalue weighted by atomic mass is 9.87. The van der Waals surface area contributed by atoms with Gasteiger partial charge in [-0.3, -0.25) is 0 Å². The van der Waals surface area contributed by atoms with Crippen molar-refractivity contribution in [3.8, 4) is 22.9 Å². The Kier molecular flexibility index (Phi) is 5.72. The number of nitrogens with one attached hydrogen (secondary N) is 1. The Balaban J connectivity index is 1.76. The van der Waals surface area contributed by atoms with Crippen molar-refractivity contribution in [1.82, 2.24) is 9.97 Å². The molecule has 0 saturated heterocycles. The first-order valence-electron chi connectivity index (χ1n) is 9.28. The summed E-state index contributed by atoms with van der Waals surface area (Å²) in [6, 6.07) is 10.2. The highest BCUT2D eigenvalue weighted by molar-refractivity contribution is 5.69. The van der Waals surface area contributed by atoms with Gasteiger partial charge < -0.3 is 10.1 Å². The number of hydrogen-bond acceptors (Lipinski definition) is 5. The van der Waals surface area contributed by atoms with Gasteiger partial charge in [0.2, 0.25) is 5.95 Å². The van der Waals surface area contributed by atoms with Crippen molar-refractivity contribution in [3.05, 3.63) is 35.7 Å². The van der Waals surface area contributed by atoms with E-state index in [1.165, 1.54) is 25.7 Å². The molecule has 0 atom stereocenters. The number of benzene rings is 1. The molecule has 1 N–H and O–H groups in total. The first-order chi connectivity index (χ1) is 12.6. The summed E-state index contributed by atoms with van der Waals surface area (Å²) >= 11 is 0. The Hall–Kier alpha value is -2.61. The summed E-state index contributed by atoms with van der Waals surface area (Å²) < 4.78 is 5.32. The second-order valence-electron chi connectivity index (χ2n) is 7.17. The minimum Gasteiger partial charge on any atom is -0.479 e. The van der Waals surface area contributed by atoms with Crippen LogP contribution in [0.25, 0.3) is 11.1 Å². The predicted octanol–water partition coefficient (Wildman–Crippen LogP) is 4.65. The molecule has 1 fully saturated rings. The highest BCUT2D eigenvalue weighted by atomic mass is 16.5. The van der Waals surface area contributed by atoms with Crippen LogP contribution in [0.5, 0.6) is 5.75 Å². The van der Waals surface area contributed by atoms with Crippen LogP contribution in [0.1, 0.15) is 44.0 Å². The molecule has 5 nitrogen and oxygen atoms in total. The van der Waals surface area contributed by atoms with Gasteiger partial charge >= 0.3 is 0 Å². The molecular formula is C21H26N4O. The number of nitrogens with zero attached hydrogens (tertiary/aromatic N) is 3. The van der Waals surface area contributed by atoms with Gasteiger partial charge in [-0.2, -0.15) is 5.26 Å². The molecule has 0 aliphatic heterocycles. The zero-order valence-corrected chi connectivity index (χ0v) is 15.7. The Labute approximate surface area is 155 Å². The second-order valence-corrected chi connectivity index (χ2v) is 7.17. The molecule has 0 radical (unpaired) electrons. The van der Waals surface area contributed by atoms with E-state index in [4.69, 9.17) is 20.0 Å². The van der Waals surface area contributed by atoms with Crippen molar-refractivity contribution in [2.24, 2.45) is 5.92 Å². The molecule has 0 spiro atoms. The zero-order valence-electron chi connectivity index (χ0n) is 15.7. The van der Waals surface area contributed by atoms with Crippen LogP contribution in [0, 0.1) is 31.1 Å². The quantitative estimate of drug-likeness (QED) is 0.849. The maximum atomic E-state index is 8.59. The fourth-order valence-electron chi connectivity index (χ4n) is 3.62. The van der Waals surface area contributed by atoms with E-state index in [9.17, 15) is 0 Å². The van der Waals surface area contributed by atoms with Crippen molar-refractivity contribution >= 4 is 5.95 Å². The standard InChI is InChI=1S/C21H26N4O/c1-14-4-8-18(9-5-14)25-21-23-15(2)20(16(3)24-21)17-6-10-19(11-7-17)26-13-12-22/h6-7,10-11,14,18H,4-5,8-9,13H2,1-3H3,(H,23,24,25)/t14-,18-. The third kappa shape index (κ3) is 4.32. The Morgan fingerprint density at radius 3 is 2.27 bits per heavy atom. The summed E-state index contributed by atoms with van der Waals surface area (Å²) in [5, 5.41) is 12.1. The Morgan fingerprint density at radius 1 is 1.08 bits per heavy atom. The molecule has 0 amide bonds. The SMILES string of the molecule is Cc1nc(N[C@H]2CC[C@H](C)CC2)nc(C)c1-c1ccc(OCC#N)cc1. The molecule has 5 heteroatoms. The van der Waals surface area contributed by atoms with Crippen molar-refractivity contribution in [3.63, 3.8) is 0 Å². The lowest BCUT2D eigenvalue weighted by Crippen LogP contribution is -2.26. The number of nitriles is 1. The number of aryl methyl sites for hydroxylation is 2. The number of anilines is 1. The van der Waals surface area contributed by atoms with Gasteiger partial charge in [-0.15, -0.1) is 0 Å². The smallest absolute Gasteiger partial charge is 0.223 e. The van der Waals surface area contributed by atoms with Crippen LogP contribution in [0.2, 0.25) is 0 Å². The molecule has 0 unspecified atom stereocenters. The van der Waals surface area contributed by atoms with Crippen molar-refractivity contribution in [2.45, 2.75) is 52.5 Å². The summed E-state index contributed by atoms with van der Waals surface area (Å²) in [4.78, 5) is 9.40. The van der Waals surface area contributed by atoms with Gasteiger partial charge in [-0.05, 0) is 63.1 Å². The van der Waals surface area contributed by atoms with Crippen LogP contribution in [-0.2, 0) is 0 Å². The highest BCUT2D eigenvalue weighted by Crippen LogP contribution is 2.29. The molecule has 0 bridgehead atoms. The van der Waals surface area contributed by atoms with Crippen LogP contribution in [0.4, 0.5) is 5.95 Å². The summed E-state index contributed by atoms with van der Waals surface area (Å²) in [6.07, 6.45) is 4.92. The van der Waals surface area contributed by atoms with E-state index < -0.39 is 0 Å². The number of ether oxygens (including phenoxy) is 1. The monoisotopic (exact) mass is 350 g/mol. The fraction of sp³-hybridized carbons (Fsp3) is 0.476. The summed E-state index contributed by atoms with van der Waals surface area (Å²) in [6.45, 7) is 6.43. The lowest BCUT2D eigenvalue weighted by molar-refractivity contribution is 0.360. The topological polar surface area (TPSA) is 70.8 Å². The first kappa shape index (κ1) is 18.2. The van der Waals surface area contributed by atoms with Crippen molar-refractivity contribution in [2.75, 3.05) is 11.9 Å². The number of rotatable bonds is 5. The molecule has 1 saturated carbocycles. The normalized spacial score (nSPS) is 19.6. The van der Waals surface area contributed by atoms with E-state index in [1.807, 2.05) is 44.2 Å². The summed E-state index contributed by atoms with van der Waals surface area (Å²) in [7, 11) is 0. The van der Waals surface area contributed by atoms with Gasteiger partial charge in [0, 0.05) is 11.6 Å². The van der Waals surface area contributed by atoms with Gasteiger partial charge in [0.1, 0.15) is 11.8 Å². The average Bonchev–Trinajstić information content (AvgIpc) is 2.62. The first-order valence-corrected chi connectivity index (χ1v) is 9.28. The minimum absolute atomic E-state index is 0.0564. The average molecular weight is 350 g/mol. The second kappa shape index (κ2) is 8.18. The van der Waals surface area contributed by atoms with Gasteiger partial charge in [-0.25, -0.2) is 9.97 Å². The number of aromatic nitrogens is 2. The minimum atomic E-state index is 0.0564. The molecule has 1 aliphatic carbocycles. The molecule has 26 heavy (non-hydrogen) atoms. The van der Waals surface area contributed by atoms with Crippen LogP contribution >= 0.6 is 0 Å². The largest absolute Gasteiger partial charge is 0.479 e. The fourth-order valence-corrected chi connectivity index (χ4v) is 3.62. The van der Waals surface area contributed by atoms with Crippen LogP contribution < -0.4 is 10.1 Å². The maximum Gasteiger partial charge on any atom is 0.223 e. The molecule has 2 aromatic rings. The van der Waals surface area contributed by atoms with Gasteiger partial charge in [0.15, 0.2) is 6.61 Å². The van der Waals surface area contributed by atoms with E-state index in [-0.39, 0.29) is 6.61 Å². The molecular weight excluding hydrogens is 324 g/mol. The van der Waals surface area contributed by atoms with E-state index in [0.29, 0.717) is 11.8 Å². The molecule has 1 aliphatic rings.